The molecule has 0 aromatic heterocycles. The van der Waals surface area contributed by atoms with Crippen molar-refractivity contribution in [2.75, 3.05) is 13.7 Å². The molecule has 1 aromatic rings. The number of aromatic hydroxyl groups is 1. The van der Waals surface area contributed by atoms with E-state index < -0.39 is 24.5 Å². The van der Waals surface area contributed by atoms with E-state index in [-0.39, 0.29) is 17.5 Å². The standard InChI is InChI=1S/C16H18N2O6/c1-23-13-8-10(2-6-12(13)19)3-7-15(21)24-9-14(20)18-16(22)17-11-4-5-11/h2-3,6-8,11,19H,4-5,9H2,1H3,(H2,17,18,20,22)/b7-3+. The molecule has 0 unspecified atom stereocenters. The third-order valence-corrected chi connectivity index (χ3v) is 3.13. The predicted molar refractivity (Wildman–Crippen MR) is 84.3 cm³/mol. The van der Waals surface area contributed by atoms with Gasteiger partial charge in [0, 0.05) is 12.1 Å². The van der Waals surface area contributed by atoms with Crippen LogP contribution in [0.3, 0.4) is 0 Å². The Balaban J connectivity index is 1.75. The molecule has 1 aromatic carbocycles. The number of esters is 1. The largest absolute Gasteiger partial charge is 0.504 e. The van der Waals surface area contributed by atoms with Crippen LogP contribution in [0.25, 0.3) is 6.08 Å². The van der Waals surface area contributed by atoms with E-state index in [1.165, 1.54) is 25.3 Å². The van der Waals surface area contributed by atoms with Crippen molar-refractivity contribution in [1.82, 2.24) is 10.6 Å². The van der Waals surface area contributed by atoms with Crippen LogP contribution in [0.4, 0.5) is 4.79 Å². The summed E-state index contributed by atoms with van der Waals surface area (Å²) in [6, 6.07) is 4.08. The fourth-order valence-electron chi connectivity index (χ4n) is 1.76. The molecular formula is C16H18N2O6. The Morgan fingerprint density at radius 1 is 1.33 bits per heavy atom. The number of hydrogen-bond acceptors (Lipinski definition) is 6. The maximum absolute atomic E-state index is 11.5. The average Bonchev–Trinajstić information content (AvgIpc) is 3.35. The Morgan fingerprint density at radius 2 is 2.08 bits per heavy atom. The highest BCUT2D eigenvalue weighted by atomic mass is 16.5. The molecule has 24 heavy (non-hydrogen) atoms. The highest BCUT2D eigenvalue weighted by Crippen LogP contribution is 2.26. The second-order valence-electron chi connectivity index (χ2n) is 5.17. The lowest BCUT2D eigenvalue weighted by Gasteiger charge is -2.05. The molecule has 0 heterocycles. The van der Waals surface area contributed by atoms with Crippen LogP contribution < -0.4 is 15.4 Å². The lowest BCUT2D eigenvalue weighted by Crippen LogP contribution is -2.42. The molecule has 1 saturated carbocycles. The highest BCUT2D eigenvalue weighted by Gasteiger charge is 2.23. The van der Waals surface area contributed by atoms with Gasteiger partial charge in [-0.2, -0.15) is 0 Å². The van der Waals surface area contributed by atoms with Gasteiger partial charge in [-0.05, 0) is 36.6 Å². The summed E-state index contributed by atoms with van der Waals surface area (Å²) in [5.41, 5.74) is 0.606. The molecule has 1 aliphatic carbocycles. The van der Waals surface area contributed by atoms with Gasteiger partial charge < -0.3 is 19.9 Å². The van der Waals surface area contributed by atoms with Gasteiger partial charge in [-0.3, -0.25) is 10.1 Å². The zero-order chi connectivity index (χ0) is 17.5. The molecular weight excluding hydrogens is 316 g/mol. The third-order valence-electron chi connectivity index (χ3n) is 3.13. The predicted octanol–water partition coefficient (Wildman–Crippen LogP) is 0.945. The van der Waals surface area contributed by atoms with Crippen molar-refractivity contribution in [2.24, 2.45) is 0 Å². The lowest BCUT2D eigenvalue weighted by molar-refractivity contribution is -0.143. The van der Waals surface area contributed by atoms with Gasteiger partial charge in [0.2, 0.25) is 0 Å². The molecule has 2 rings (SSSR count). The Bertz CT molecular complexity index is 667. The number of carbonyl (C=O) groups is 3. The topological polar surface area (TPSA) is 114 Å². The first-order valence-electron chi connectivity index (χ1n) is 7.30. The molecule has 128 valence electrons. The summed E-state index contributed by atoms with van der Waals surface area (Å²) >= 11 is 0. The molecule has 0 atom stereocenters. The van der Waals surface area contributed by atoms with Crippen LogP contribution in [-0.2, 0) is 14.3 Å². The minimum absolute atomic E-state index is 0.0154. The molecule has 0 spiro atoms. The Labute approximate surface area is 138 Å². The number of amides is 3. The zero-order valence-corrected chi connectivity index (χ0v) is 13.1. The number of phenols is 1. The Kier molecular flexibility index (Phi) is 5.78. The van der Waals surface area contributed by atoms with Crippen LogP contribution in [0.1, 0.15) is 18.4 Å². The smallest absolute Gasteiger partial charge is 0.331 e. The summed E-state index contributed by atoms with van der Waals surface area (Å²) in [7, 11) is 1.41. The van der Waals surface area contributed by atoms with Gasteiger partial charge in [0.25, 0.3) is 5.91 Å². The first kappa shape index (κ1) is 17.3. The average molecular weight is 334 g/mol. The molecule has 0 bridgehead atoms. The van der Waals surface area contributed by atoms with Crippen LogP contribution in [0.2, 0.25) is 0 Å². The van der Waals surface area contributed by atoms with Crippen LogP contribution in [-0.4, -0.2) is 42.8 Å². The summed E-state index contributed by atoms with van der Waals surface area (Å²) in [6.45, 7) is -0.555. The number of rotatable bonds is 6. The number of nitrogens with one attached hydrogen (secondary N) is 2. The summed E-state index contributed by atoms with van der Waals surface area (Å²) in [5.74, 6) is -1.19. The number of hydrogen-bond donors (Lipinski definition) is 3. The van der Waals surface area contributed by atoms with Crippen molar-refractivity contribution in [1.29, 1.82) is 0 Å². The van der Waals surface area contributed by atoms with Crippen LogP contribution in [0, 0.1) is 0 Å². The molecule has 3 amide bonds. The summed E-state index contributed by atoms with van der Waals surface area (Å²) < 4.78 is 9.68. The van der Waals surface area contributed by atoms with Gasteiger partial charge in [-0.15, -0.1) is 0 Å². The van der Waals surface area contributed by atoms with E-state index in [1.807, 2.05) is 0 Å². The van der Waals surface area contributed by atoms with E-state index >= 15 is 0 Å². The first-order chi connectivity index (χ1) is 11.5. The number of imide groups is 1. The Morgan fingerprint density at radius 3 is 2.75 bits per heavy atom. The summed E-state index contributed by atoms with van der Waals surface area (Å²) in [4.78, 5) is 34.3. The van der Waals surface area contributed by atoms with E-state index in [0.717, 1.165) is 18.9 Å². The number of methoxy groups -OCH3 is 1. The van der Waals surface area contributed by atoms with Crippen molar-refractivity contribution >= 4 is 24.0 Å². The zero-order valence-electron chi connectivity index (χ0n) is 13.1. The van der Waals surface area contributed by atoms with Crippen molar-refractivity contribution in [2.45, 2.75) is 18.9 Å². The van der Waals surface area contributed by atoms with E-state index in [0.29, 0.717) is 5.56 Å². The van der Waals surface area contributed by atoms with Gasteiger partial charge in [0.1, 0.15) is 0 Å². The van der Waals surface area contributed by atoms with Crippen LogP contribution in [0.5, 0.6) is 11.5 Å². The van der Waals surface area contributed by atoms with Gasteiger partial charge in [-0.1, -0.05) is 6.07 Å². The number of urea groups is 1. The van der Waals surface area contributed by atoms with Gasteiger partial charge >= 0.3 is 12.0 Å². The maximum atomic E-state index is 11.5. The molecule has 1 aliphatic rings. The number of ether oxygens (including phenoxy) is 2. The molecule has 0 saturated heterocycles. The van der Waals surface area contributed by atoms with Crippen molar-refractivity contribution < 1.29 is 29.0 Å². The summed E-state index contributed by atoms with van der Waals surface area (Å²) in [6.07, 6.45) is 4.39. The minimum atomic E-state index is -0.736. The van der Waals surface area contributed by atoms with E-state index in [1.54, 1.807) is 6.07 Å². The van der Waals surface area contributed by atoms with E-state index in [9.17, 15) is 19.5 Å². The molecule has 3 N–H and O–H groups in total. The van der Waals surface area contributed by atoms with Crippen LogP contribution in [0.15, 0.2) is 24.3 Å². The Hall–Kier alpha value is -3.03. The second-order valence-corrected chi connectivity index (χ2v) is 5.17. The molecule has 0 radical (unpaired) electrons. The second kappa shape index (κ2) is 8.00. The van der Waals surface area contributed by atoms with Crippen LogP contribution >= 0.6 is 0 Å². The third kappa shape index (κ3) is 5.64. The van der Waals surface area contributed by atoms with E-state index in [4.69, 9.17) is 9.47 Å². The molecule has 8 heteroatoms. The van der Waals surface area contributed by atoms with Gasteiger partial charge in [-0.25, -0.2) is 9.59 Å². The molecule has 8 nitrogen and oxygen atoms in total. The quantitative estimate of drug-likeness (QED) is 0.527. The monoisotopic (exact) mass is 334 g/mol. The van der Waals surface area contributed by atoms with Crippen molar-refractivity contribution in [3.05, 3.63) is 29.8 Å². The lowest BCUT2D eigenvalue weighted by atomic mass is 10.2. The van der Waals surface area contributed by atoms with Crippen molar-refractivity contribution in [3.63, 3.8) is 0 Å². The number of benzene rings is 1. The molecule has 1 fully saturated rings. The summed E-state index contributed by atoms with van der Waals surface area (Å²) in [5, 5.41) is 14.1. The number of carbonyl (C=O) groups excluding carboxylic acids is 3. The SMILES string of the molecule is COc1cc(/C=C/C(=O)OCC(=O)NC(=O)NC2CC2)ccc1O. The van der Waals surface area contributed by atoms with Crippen molar-refractivity contribution in [3.8, 4) is 11.5 Å². The maximum Gasteiger partial charge on any atom is 0.331 e. The number of phenolic OH excluding ortho intramolecular Hbond substituents is 1. The first-order valence-corrected chi connectivity index (χ1v) is 7.30. The minimum Gasteiger partial charge on any atom is -0.504 e. The van der Waals surface area contributed by atoms with E-state index in [2.05, 4.69) is 10.6 Å². The fourth-order valence-corrected chi connectivity index (χ4v) is 1.76. The fraction of sp³-hybridized carbons (Fsp3) is 0.312. The molecule has 0 aliphatic heterocycles. The normalized spacial score (nSPS) is 13.4. The highest BCUT2D eigenvalue weighted by molar-refractivity contribution is 5.96. The van der Waals surface area contributed by atoms with Gasteiger partial charge in [0.05, 0.1) is 7.11 Å². The van der Waals surface area contributed by atoms with Gasteiger partial charge in [0.15, 0.2) is 18.1 Å².